The number of nitrogens with zero attached hydrogens (tertiary/aromatic N) is 1. The molecule has 1 atom stereocenters. The number of nitrogens with two attached hydrogens (primary N) is 1. The van der Waals surface area contributed by atoms with Crippen molar-refractivity contribution >= 4 is 17.8 Å². The number of aliphatic imine (C=N–C) groups is 1. The molecule has 0 aliphatic heterocycles. The average molecular weight is 541 g/mol. The van der Waals surface area contributed by atoms with E-state index < -0.39 is 11.9 Å². The molecule has 2 aromatic carbocycles. The molecule has 5 N–H and O–H groups in total. The number of nitrogens with one attached hydrogen (secondary N) is 2. The Balaban J connectivity index is 1.51. The summed E-state index contributed by atoms with van der Waals surface area (Å²) in [4.78, 5) is 29.7. The summed E-state index contributed by atoms with van der Waals surface area (Å²) in [5, 5.41) is 14.5. The first-order valence-electron chi connectivity index (χ1n) is 13.4. The van der Waals surface area contributed by atoms with E-state index in [1.54, 1.807) is 7.05 Å². The maximum atomic E-state index is 12.9. The Morgan fingerprint density at radius 3 is 2.23 bits per heavy atom. The number of esters is 1. The van der Waals surface area contributed by atoms with Gasteiger partial charge in [0.15, 0.2) is 5.96 Å². The van der Waals surface area contributed by atoms with Crippen molar-refractivity contribution in [3.05, 3.63) is 59.7 Å². The molecule has 39 heavy (non-hydrogen) atoms. The van der Waals surface area contributed by atoms with E-state index in [1.807, 2.05) is 24.3 Å². The van der Waals surface area contributed by atoms with E-state index in [0.717, 1.165) is 22.3 Å². The molecule has 10 heteroatoms. The lowest BCUT2D eigenvalue weighted by Crippen LogP contribution is -2.36. The fourth-order valence-corrected chi connectivity index (χ4v) is 4.62. The van der Waals surface area contributed by atoms with Crippen molar-refractivity contribution in [2.45, 2.75) is 25.2 Å². The molecule has 0 unspecified atom stereocenters. The van der Waals surface area contributed by atoms with Crippen LogP contribution in [0.2, 0.25) is 0 Å². The Labute approximate surface area is 229 Å². The minimum absolute atomic E-state index is 0.0188. The summed E-state index contributed by atoms with van der Waals surface area (Å²) in [6.45, 7) is 2.36. The molecule has 0 saturated heterocycles. The normalized spacial score (nSPS) is 13.4. The Hall–Kier alpha value is -3.47. The number of fused-ring (bicyclic) bond motifs is 3. The Morgan fingerprint density at radius 2 is 1.59 bits per heavy atom. The molecule has 1 aliphatic rings. The summed E-state index contributed by atoms with van der Waals surface area (Å²) in [7, 11) is 1.59. The van der Waals surface area contributed by atoms with E-state index in [1.165, 1.54) is 0 Å². The van der Waals surface area contributed by atoms with Crippen LogP contribution in [0.4, 0.5) is 0 Å². The van der Waals surface area contributed by atoms with E-state index >= 15 is 0 Å². The van der Waals surface area contributed by atoms with Crippen LogP contribution in [0.3, 0.4) is 0 Å². The predicted octanol–water partition coefficient (Wildman–Crippen LogP) is 1.80. The Bertz CT molecular complexity index is 1050. The number of carbonyl (C=O) groups excluding carboxylic acids is 2. The molecule has 0 fully saturated rings. The third-order valence-corrected chi connectivity index (χ3v) is 6.59. The second-order valence-corrected chi connectivity index (χ2v) is 9.23. The van der Waals surface area contributed by atoms with E-state index in [0.29, 0.717) is 51.7 Å². The maximum Gasteiger partial charge on any atom is 0.306 e. The van der Waals surface area contributed by atoms with Crippen LogP contribution in [0.1, 0.15) is 36.3 Å². The zero-order valence-corrected chi connectivity index (χ0v) is 22.6. The van der Waals surface area contributed by atoms with Gasteiger partial charge in [0.05, 0.1) is 39.5 Å². The molecular weight excluding hydrogens is 500 g/mol. The smallest absolute Gasteiger partial charge is 0.306 e. The van der Waals surface area contributed by atoms with Crippen LogP contribution in [-0.2, 0) is 23.8 Å². The predicted molar refractivity (Wildman–Crippen MR) is 149 cm³/mol. The van der Waals surface area contributed by atoms with Gasteiger partial charge in [-0.1, -0.05) is 48.5 Å². The lowest BCUT2D eigenvalue weighted by atomic mass is 9.97. The number of aliphatic hydroxyl groups is 1. The third kappa shape index (κ3) is 9.35. The van der Waals surface area contributed by atoms with Crippen LogP contribution in [-0.4, -0.2) is 82.7 Å². The first kappa shape index (κ1) is 30.1. The van der Waals surface area contributed by atoms with Gasteiger partial charge in [-0.2, -0.15) is 0 Å². The van der Waals surface area contributed by atoms with Gasteiger partial charge in [0.25, 0.3) is 0 Å². The van der Waals surface area contributed by atoms with Crippen molar-refractivity contribution in [1.82, 2.24) is 10.6 Å². The molecule has 1 amide bonds. The SMILES string of the molecule is CN=C(N)NCCC[C@H](CC(=O)OCC1c2ccccc2-c2ccccc21)C(=O)NCCOCCOCCO. The minimum Gasteiger partial charge on any atom is -0.465 e. The van der Waals surface area contributed by atoms with Crippen LogP contribution >= 0.6 is 0 Å². The molecule has 0 radical (unpaired) electrons. The minimum atomic E-state index is -0.546. The molecule has 0 saturated carbocycles. The lowest BCUT2D eigenvalue weighted by molar-refractivity contribution is -0.147. The molecule has 3 rings (SSSR count). The molecule has 1 aliphatic carbocycles. The van der Waals surface area contributed by atoms with Crippen molar-refractivity contribution in [2.24, 2.45) is 16.6 Å². The first-order valence-corrected chi connectivity index (χ1v) is 13.4. The molecule has 10 nitrogen and oxygen atoms in total. The lowest BCUT2D eigenvalue weighted by Gasteiger charge is -2.18. The fourth-order valence-electron chi connectivity index (χ4n) is 4.62. The first-order chi connectivity index (χ1) is 19.0. The van der Waals surface area contributed by atoms with E-state index in [2.05, 4.69) is 39.9 Å². The zero-order chi connectivity index (χ0) is 27.9. The third-order valence-electron chi connectivity index (χ3n) is 6.59. The number of ether oxygens (including phenoxy) is 3. The standard InChI is InChI=1S/C29H40N4O6/c1-31-29(30)33-12-6-7-21(28(36)32-13-15-37-17-18-38-16-14-34)19-27(35)39-20-26-24-10-4-2-8-22(24)23-9-3-5-11-25(23)26/h2-5,8-11,21,26,34H,6-7,12-20H2,1H3,(H,32,36)(H3,30,31,33)/t21-/m1/s1. The number of rotatable bonds is 17. The highest BCUT2D eigenvalue weighted by Gasteiger charge is 2.30. The average Bonchev–Trinajstić information content (AvgIpc) is 3.28. The van der Waals surface area contributed by atoms with Gasteiger partial charge in [0.1, 0.15) is 6.61 Å². The van der Waals surface area contributed by atoms with Gasteiger partial charge in [-0.15, -0.1) is 0 Å². The monoisotopic (exact) mass is 540 g/mol. The number of hydrogen-bond donors (Lipinski definition) is 4. The second kappa shape index (κ2) is 16.5. The highest BCUT2D eigenvalue weighted by atomic mass is 16.5. The summed E-state index contributed by atoms with van der Waals surface area (Å²) in [6.07, 6.45) is 1.09. The van der Waals surface area contributed by atoms with Crippen LogP contribution in [0.25, 0.3) is 11.1 Å². The van der Waals surface area contributed by atoms with Crippen molar-refractivity contribution in [3.8, 4) is 11.1 Å². The molecule has 0 bridgehead atoms. The Kier molecular flexibility index (Phi) is 12.7. The summed E-state index contributed by atoms with van der Waals surface area (Å²) in [5.74, 6) is -0.881. The Morgan fingerprint density at radius 1 is 0.949 bits per heavy atom. The van der Waals surface area contributed by atoms with Gasteiger partial charge in [-0.05, 0) is 35.1 Å². The highest BCUT2D eigenvalue weighted by molar-refractivity contribution is 5.84. The second-order valence-electron chi connectivity index (χ2n) is 9.23. The van der Waals surface area contributed by atoms with Gasteiger partial charge in [-0.25, -0.2) is 0 Å². The molecule has 0 heterocycles. The van der Waals surface area contributed by atoms with Gasteiger partial charge in [0, 0.05) is 32.0 Å². The van der Waals surface area contributed by atoms with Crippen molar-refractivity contribution in [1.29, 1.82) is 0 Å². The molecule has 2 aromatic rings. The fraction of sp³-hybridized carbons (Fsp3) is 0.483. The van der Waals surface area contributed by atoms with Crippen LogP contribution in [0.5, 0.6) is 0 Å². The van der Waals surface area contributed by atoms with E-state index in [-0.39, 0.29) is 38.1 Å². The topological polar surface area (TPSA) is 144 Å². The summed E-state index contributed by atoms with van der Waals surface area (Å²) < 4.78 is 16.3. The number of amides is 1. The number of carbonyl (C=O) groups is 2. The van der Waals surface area contributed by atoms with Crippen LogP contribution < -0.4 is 16.4 Å². The van der Waals surface area contributed by atoms with E-state index in [9.17, 15) is 9.59 Å². The quantitative estimate of drug-likeness (QED) is 0.103. The van der Waals surface area contributed by atoms with Crippen LogP contribution in [0.15, 0.2) is 53.5 Å². The largest absolute Gasteiger partial charge is 0.465 e. The summed E-state index contributed by atoms with van der Waals surface area (Å²) in [6, 6.07) is 16.3. The van der Waals surface area contributed by atoms with E-state index in [4.69, 9.17) is 25.1 Å². The number of benzene rings is 2. The van der Waals surface area contributed by atoms with Gasteiger partial charge >= 0.3 is 5.97 Å². The van der Waals surface area contributed by atoms with Gasteiger partial charge in [0.2, 0.25) is 5.91 Å². The van der Waals surface area contributed by atoms with Crippen molar-refractivity contribution in [2.75, 3.05) is 59.8 Å². The molecule has 0 spiro atoms. The molecule has 212 valence electrons. The molecular formula is C29H40N4O6. The van der Waals surface area contributed by atoms with Gasteiger partial charge in [-0.3, -0.25) is 14.6 Å². The van der Waals surface area contributed by atoms with Crippen molar-refractivity contribution < 1.29 is 28.9 Å². The number of guanidine groups is 1. The molecule has 0 aromatic heterocycles. The zero-order valence-electron chi connectivity index (χ0n) is 22.6. The number of aliphatic hydroxyl groups excluding tert-OH is 1. The van der Waals surface area contributed by atoms with Crippen LogP contribution in [0, 0.1) is 5.92 Å². The van der Waals surface area contributed by atoms with Crippen molar-refractivity contribution in [3.63, 3.8) is 0 Å². The highest BCUT2D eigenvalue weighted by Crippen LogP contribution is 2.44. The maximum absolute atomic E-state index is 12.9. The van der Waals surface area contributed by atoms with Gasteiger partial charge < -0.3 is 35.7 Å². The summed E-state index contributed by atoms with van der Waals surface area (Å²) in [5.41, 5.74) is 10.3. The summed E-state index contributed by atoms with van der Waals surface area (Å²) >= 11 is 0. The number of hydrogen-bond acceptors (Lipinski definition) is 7.